The quantitative estimate of drug-likeness (QED) is 0.317. The van der Waals surface area contributed by atoms with Crippen molar-refractivity contribution in [2.24, 2.45) is 0 Å². The molecule has 78 valence electrons. The predicted molar refractivity (Wildman–Crippen MR) is 62.1 cm³/mol. The fourth-order valence-corrected chi connectivity index (χ4v) is 1.23. The van der Waals surface area contributed by atoms with E-state index in [-0.39, 0.29) is 5.70 Å². The zero-order chi connectivity index (χ0) is 11.0. The van der Waals surface area contributed by atoms with Crippen LogP contribution in [0.4, 0.5) is 0 Å². The second-order valence-electron chi connectivity index (χ2n) is 2.69. The number of halogens is 1. The first-order chi connectivity index (χ1) is 6.65. The van der Waals surface area contributed by atoms with Crippen LogP contribution in [0.15, 0.2) is 36.1 Å². The number of alkyl halides is 1. The van der Waals surface area contributed by atoms with E-state index >= 15 is 0 Å². The lowest BCUT2D eigenvalue weighted by molar-refractivity contribution is -0.419. The Morgan fingerprint density at radius 2 is 2.29 bits per heavy atom. The Morgan fingerprint density at radius 3 is 2.64 bits per heavy atom. The number of nitro groups is 1. The van der Waals surface area contributed by atoms with E-state index in [4.69, 9.17) is 0 Å². The Morgan fingerprint density at radius 1 is 1.64 bits per heavy atom. The molecule has 0 N–H and O–H groups in total. The molecule has 0 heterocycles. The first kappa shape index (κ1) is 13.1. The lowest BCUT2D eigenvalue weighted by Gasteiger charge is -1.98. The Balaban J connectivity index is 4.55. The van der Waals surface area contributed by atoms with Gasteiger partial charge in [0, 0.05) is 17.5 Å². The molecule has 0 rings (SSSR count). The molecule has 0 fully saturated rings. The SMILES string of the molecule is C=C/C(=C\C(=C/C)CCCBr)[N+](=O)[O-]. The van der Waals surface area contributed by atoms with Gasteiger partial charge in [-0.1, -0.05) is 28.6 Å². The monoisotopic (exact) mass is 259 g/mol. The van der Waals surface area contributed by atoms with Crippen LogP contribution < -0.4 is 0 Å². The number of hydrogen-bond acceptors (Lipinski definition) is 2. The van der Waals surface area contributed by atoms with Gasteiger partial charge in [-0.3, -0.25) is 10.1 Å². The Bertz CT molecular complexity index is 269. The summed E-state index contributed by atoms with van der Waals surface area (Å²) in [7, 11) is 0. The summed E-state index contributed by atoms with van der Waals surface area (Å²) < 4.78 is 0. The van der Waals surface area contributed by atoms with Crippen molar-refractivity contribution < 1.29 is 4.92 Å². The van der Waals surface area contributed by atoms with Crippen molar-refractivity contribution in [3.05, 3.63) is 46.2 Å². The Hall–Kier alpha value is -0.900. The molecule has 0 saturated carbocycles. The molecule has 0 aliphatic rings. The van der Waals surface area contributed by atoms with Crippen molar-refractivity contribution in [1.82, 2.24) is 0 Å². The van der Waals surface area contributed by atoms with Crippen molar-refractivity contribution in [2.45, 2.75) is 19.8 Å². The summed E-state index contributed by atoms with van der Waals surface area (Å²) in [4.78, 5) is 10.1. The van der Waals surface area contributed by atoms with E-state index in [1.54, 1.807) is 6.08 Å². The maximum Gasteiger partial charge on any atom is 0.269 e. The summed E-state index contributed by atoms with van der Waals surface area (Å²) in [6.45, 7) is 5.28. The van der Waals surface area contributed by atoms with Crippen LogP contribution in [-0.4, -0.2) is 10.3 Å². The lowest BCUT2D eigenvalue weighted by atomic mass is 10.1. The maximum absolute atomic E-state index is 10.5. The summed E-state index contributed by atoms with van der Waals surface area (Å²) in [5.41, 5.74) is 1.02. The standard InChI is InChI=1S/C10H14BrNO2/c1-3-9(6-5-7-11)8-10(4-2)12(13)14/h3-4,8H,2,5-7H2,1H3/b9-3-,10-8+. The van der Waals surface area contributed by atoms with Crippen LogP contribution in [0.25, 0.3) is 0 Å². The maximum atomic E-state index is 10.5. The van der Waals surface area contributed by atoms with E-state index in [1.165, 1.54) is 6.08 Å². The van der Waals surface area contributed by atoms with Crippen LogP contribution in [-0.2, 0) is 0 Å². The molecular formula is C10H14BrNO2. The highest BCUT2D eigenvalue weighted by molar-refractivity contribution is 9.09. The molecule has 0 bridgehead atoms. The second kappa shape index (κ2) is 7.50. The van der Waals surface area contributed by atoms with Crippen molar-refractivity contribution in [3.8, 4) is 0 Å². The van der Waals surface area contributed by atoms with E-state index in [1.807, 2.05) is 13.0 Å². The van der Waals surface area contributed by atoms with Crippen LogP contribution in [0.2, 0.25) is 0 Å². The van der Waals surface area contributed by atoms with Gasteiger partial charge in [0.25, 0.3) is 5.70 Å². The van der Waals surface area contributed by atoms with Crippen molar-refractivity contribution >= 4 is 15.9 Å². The topological polar surface area (TPSA) is 43.1 Å². The Kier molecular flexibility index (Phi) is 7.02. The van der Waals surface area contributed by atoms with Gasteiger partial charge in [-0.15, -0.1) is 0 Å². The molecular weight excluding hydrogens is 246 g/mol. The summed E-state index contributed by atoms with van der Waals surface area (Å²) in [5.74, 6) is 0. The van der Waals surface area contributed by atoms with E-state index in [0.29, 0.717) is 0 Å². The molecule has 0 aliphatic carbocycles. The zero-order valence-corrected chi connectivity index (χ0v) is 9.79. The predicted octanol–water partition coefficient (Wildman–Crippen LogP) is 3.45. The van der Waals surface area contributed by atoms with Crippen LogP contribution >= 0.6 is 15.9 Å². The number of rotatable bonds is 6. The summed E-state index contributed by atoms with van der Waals surface area (Å²) in [6.07, 6.45) is 6.52. The molecule has 14 heavy (non-hydrogen) atoms. The minimum absolute atomic E-state index is 0.0488. The van der Waals surface area contributed by atoms with Crippen LogP contribution in [0.5, 0.6) is 0 Å². The van der Waals surface area contributed by atoms with E-state index in [2.05, 4.69) is 22.5 Å². The molecule has 0 saturated heterocycles. The van der Waals surface area contributed by atoms with Gasteiger partial charge in [-0.05, 0) is 25.3 Å². The normalized spacial score (nSPS) is 12.7. The van der Waals surface area contributed by atoms with Gasteiger partial charge < -0.3 is 0 Å². The minimum Gasteiger partial charge on any atom is -0.258 e. The number of nitrogens with zero attached hydrogens (tertiary/aromatic N) is 1. The highest BCUT2D eigenvalue weighted by Gasteiger charge is 2.05. The summed E-state index contributed by atoms with van der Waals surface area (Å²) in [5, 5.41) is 11.4. The average Bonchev–Trinajstić information content (AvgIpc) is 2.18. The number of hydrogen-bond donors (Lipinski definition) is 0. The van der Waals surface area contributed by atoms with Gasteiger partial charge >= 0.3 is 0 Å². The van der Waals surface area contributed by atoms with Crippen LogP contribution in [0, 0.1) is 10.1 Å². The molecule has 0 aromatic rings. The van der Waals surface area contributed by atoms with Gasteiger partial charge in [-0.2, -0.15) is 0 Å². The zero-order valence-electron chi connectivity index (χ0n) is 8.20. The second-order valence-corrected chi connectivity index (χ2v) is 3.48. The molecule has 0 atom stereocenters. The van der Waals surface area contributed by atoms with Crippen LogP contribution in [0.3, 0.4) is 0 Å². The largest absolute Gasteiger partial charge is 0.269 e. The van der Waals surface area contributed by atoms with Crippen molar-refractivity contribution in [3.63, 3.8) is 0 Å². The van der Waals surface area contributed by atoms with E-state index in [0.717, 1.165) is 23.7 Å². The smallest absolute Gasteiger partial charge is 0.258 e. The van der Waals surface area contributed by atoms with Crippen LogP contribution in [0.1, 0.15) is 19.8 Å². The molecule has 4 heteroatoms. The molecule has 3 nitrogen and oxygen atoms in total. The minimum atomic E-state index is -0.426. The van der Waals surface area contributed by atoms with E-state index < -0.39 is 4.92 Å². The van der Waals surface area contributed by atoms with Gasteiger partial charge in [0.15, 0.2) is 0 Å². The van der Waals surface area contributed by atoms with E-state index in [9.17, 15) is 10.1 Å². The van der Waals surface area contributed by atoms with Crippen molar-refractivity contribution in [2.75, 3.05) is 5.33 Å². The summed E-state index contributed by atoms with van der Waals surface area (Å²) >= 11 is 3.32. The van der Waals surface area contributed by atoms with Gasteiger partial charge in [-0.25, -0.2) is 0 Å². The fourth-order valence-electron chi connectivity index (χ4n) is 0.947. The molecule has 0 unspecified atom stereocenters. The molecule has 0 spiro atoms. The fraction of sp³-hybridized carbons (Fsp3) is 0.400. The molecule has 0 aromatic heterocycles. The summed E-state index contributed by atoms with van der Waals surface area (Å²) in [6, 6.07) is 0. The van der Waals surface area contributed by atoms with Crippen molar-refractivity contribution in [1.29, 1.82) is 0 Å². The third-order valence-corrected chi connectivity index (χ3v) is 2.28. The molecule has 0 aliphatic heterocycles. The highest BCUT2D eigenvalue weighted by atomic mass is 79.9. The lowest BCUT2D eigenvalue weighted by Crippen LogP contribution is -1.96. The third kappa shape index (κ3) is 4.97. The third-order valence-electron chi connectivity index (χ3n) is 1.72. The average molecular weight is 260 g/mol. The first-order valence-electron chi connectivity index (χ1n) is 4.35. The first-order valence-corrected chi connectivity index (χ1v) is 5.47. The number of allylic oxidation sites excluding steroid dienone is 4. The molecule has 0 radical (unpaired) electrons. The van der Waals surface area contributed by atoms with Gasteiger partial charge in [0.1, 0.15) is 0 Å². The molecule has 0 aromatic carbocycles. The van der Waals surface area contributed by atoms with Gasteiger partial charge in [0.2, 0.25) is 0 Å². The molecule has 0 amide bonds. The highest BCUT2D eigenvalue weighted by Crippen LogP contribution is 2.11. The Labute approximate surface area is 92.5 Å². The van der Waals surface area contributed by atoms with Gasteiger partial charge in [0.05, 0.1) is 4.92 Å².